The first-order chi connectivity index (χ1) is 9.13. The third-order valence-corrected chi connectivity index (χ3v) is 3.56. The van der Waals surface area contributed by atoms with Gasteiger partial charge in [0, 0.05) is 25.3 Å². The number of aryl methyl sites for hydroxylation is 1. The van der Waals surface area contributed by atoms with Crippen LogP contribution in [0.3, 0.4) is 0 Å². The van der Waals surface area contributed by atoms with Gasteiger partial charge in [-0.3, -0.25) is 4.90 Å². The van der Waals surface area contributed by atoms with Crippen LogP contribution in [0.2, 0.25) is 0 Å². The Bertz CT molecular complexity index is 408. The Balaban J connectivity index is 2.31. The van der Waals surface area contributed by atoms with E-state index in [1.54, 1.807) is 0 Å². The van der Waals surface area contributed by atoms with Gasteiger partial charge in [0.1, 0.15) is 5.82 Å². The van der Waals surface area contributed by atoms with Gasteiger partial charge in [0.25, 0.3) is 0 Å². The first kappa shape index (κ1) is 14.4. The van der Waals surface area contributed by atoms with Crippen molar-refractivity contribution in [3.05, 3.63) is 23.8 Å². The van der Waals surface area contributed by atoms with Gasteiger partial charge >= 0.3 is 0 Å². The Morgan fingerprint density at radius 1 is 1.53 bits per heavy atom. The lowest BCUT2D eigenvalue weighted by Crippen LogP contribution is -2.51. The third-order valence-electron chi connectivity index (χ3n) is 3.56. The van der Waals surface area contributed by atoms with Gasteiger partial charge in [0.05, 0.1) is 24.4 Å². The van der Waals surface area contributed by atoms with E-state index in [2.05, 4.69) is 34.0 Å². The van der Waals surface area contributed by atoms with Crippen molar-refractivity contribution < 1.29 is 4.74 Å². The predicted octanol–water partition coefficient (Wildman–Crippen LogP) is 1.15. The number of nitrogens with zero attached hydrogens (tertiary/aromatic N) is 3. The molecule has 5 heteroatoms. The number of likely N-dealkylation sites (N-methyl/N-ethyl adjacent to an activating group) is 1. The summed E-state index contributed by atoms with van der Waals surface area (Å²) in [4.78, 5) is 11.3. The van der Waals surface area contributed by atoms with Crippen LogP contribution in [0.25, 0.3) is 0 Å². The molecule has 1 aliphatic heterocycles. The molecular weight excluding hydrogens is 240 g/mol. The predicted molar refractivity (Wildman–Crippen MR) is 75.0 cm³/mol. The van der Waals surface area contributed by atoms with Crippen molar-refractivity contribution in [2.45, 2.75) is 39.0 Å². The minimum absolute atomic E-state index is 0.135. The second-order valence-electron chi connectivity index (χ2n) is 5.27. The highest BCUT2D eigenvalue weighted by Gasteiger charge is 2.35. The third kappa shape index (κ3) is 3.29. The monoisotopic (exact) mass is 264 g/mol. The Morgan fingerprint density at radius 2 is 2.32 bits per heavy atom. The Labute approximate surface area is 115 Å². The van der Waals surface area contributed by atoms with Crippen molar-refractivity contribution in [2.24, 2.45) is 0 Å². The summed E-state index contributed by atoms with van der Waals surface area (Å²) in [5.74, 6) is 0.815. The number of aromatic nitrogens is 2. The summed E-state index contributed by atoms with van der Waals surface area (Å²) in [5, 5.41) is 3.22. The summed E-state index contributed by atoms with van der Waals surface area (Å²) in [7, 11) is 1.96. The molecule has 2 rings (SSSR count). The highest BCUT2D eigenvalue weighted by atomic mass is 16.5. The molecule has 0 radical (unpaired) electrons. The maximum Gasteiger partial charge on any atom is 0.125 e. The molecule has 0 aliphatic carbocycles. The molecule has 5 nitrogen and oxygen atoms in total. The van der Waals surface area contributed by atoms with Crippen LogP contribution in [0, 0.1) is 6.92 Å². The lowest BCUT2D eigenvalue weighted by atomic mass is 10.0. The molecule has 1 aromatic rings. The van der Waals surface area contributed by atoms with Crippen LogP contribution in [-0.2, 0) is 4.74 Å². The molecule has 1 aromatic heterocycles. The van der Waals surface area contributed by atoms with Gasteiger partial charge in [0.2, 0.25) is 0 Å². The van der Waals surface area contributed by atoms with Crippen molar-refractivity contribution in [3.63, 3.8) is 0 Å². The summed E-state index contributed by atoms with van der Waals surface area (Å²) in [5.41, 5.74) is 1.06. The van der Waals surface area contributed by atoms with Gasteiger partial charge in [-0.2, -0.15) is 0 Å². The van der Waals surface area contributed by atoms with Gasteiger partial charge in [0.15, 0.2) is 0 Å². The molecule has 1 fully saturated rings. The van der Waals surface area contributed by atoms with Crippen LogP contribution >= 0.6 is 0 Å². The van der Waals surface area contributed by atoms with E-state index in [4.69, 9.17) is 4.74 Å². The van der Waals surface area contributed by atoms with E-state index < -0.39 is 0 Å². The Morgan fingerprint density at radius 3 is 2.95 bits per heavy atom. The summed E-state index contributed by atoms with van der Waals surface area (Å²) in [6.07, 6.45) is 1.97. The molecule has 106 valence electrons. The molecule has 2 heterocycles. The number of hydrogen-bond acceptors (Lipinski definition) is 5. The van der Waals surface area contributed by atoms with E-state index in [1.165, 1.54) is 0 Å². The van der Waals surface area contributed by atoms with Crippen molar-refractivity contribution in [1.82, 2.24) is 20.2 Å². The van der Waals surface area contributed by atoms with E-state index in [0.29, 0.717) is 6.04 Å². The largest absolute Gasteiger partial charge is 0.374 e. The summed E-state index contributed by atoms with van der Waals surface area (Å²) >= 11 is 0. The van der Waals surface area contributed by atoms with Crippen molar-refractivity contribution in [3.8, 4) is 0 Å². The lowest BCUT2D eigenvalue weighted by molar-refractivity contribution is -0.0829. The van der Waals surface area contributed by atoms with Crippen LogP contribution in [0.5, 0.6) is 0 Å². The van der Waals surface area contributed by atoms with Gasteiger partial charge in [-0.05, 0) is 33.9 Å². The fraction of sp³-hybridized carbons (Fsp3) is 0.714. The minimum atomic E-state index is 0.135. The molecular formula is C14H24N4O. The normalized spacial score (nSPS) is 24.9. The molecule has 1 N–H and O–H groups in total. The molecule has 0 bridgehead atoms. The second-order valence-corrected chi connectivity index (χ2v) is 5.27. The van der Waals surface area contributed by atoms with E-state index in [0.717, 1.165) is 31.2 Å². The van der Waals surface area contributed by atoms with Crippen LogP contribution in [0.15, 0.2) is 12.3 Å². The van der Waals surface area contributed by atoms with Gasteiger partial charge < -0.3 is 10.1 Å². The molecule has 1 aliphatic rings. The zero-order chi connectivity index (χ0) is 13.8. The SMILES string of the molecule is CNCC1OCCN(C(C)C)C1c1ccnc(C)n1. The first-order valence-electron chi connectivity index (χ1n) is 6.95. The van der Waals surface area contributed by atoms with Crippen LogP contribution in [-0.4, -0.2) is 53.8 Å². The van der Waals surface area contributed by atoms with Gasteiger partial charge in [-0.1, -0.05) is 0 Å². The molecule has 0 spiro atoms. The molecule has 0 aromatic carbocycles. The summed E-state index contributed by atoms with van der Waals surface area (Å²) in [6, 6.07) is 2.68. The second kappa shape index (κ2) is 6.41. The standard InChI is InChI=1S/C14H24N4O/c1-10(2)18-7-8-19-13(9-15-4)14(18)12-5-6-16-11(3)17-12/h5-6,10,13-15H,7-9H2,1-4H3. The maximum atomic E-state index is 5.94. The quantitative estimate of drug-likeness (QED) is 0.884. The van der Waals surface area contributed by atoms with Crippen molar-refractivity contribution >= 4 is 0 Å². The molecule has 2 atom stereocenters. The van der Waals surface area contributed by atoms with Crippen molar-refractivity contribution in [1.29, 1.82) is 0 Å². The fourth-order valence-corrected chi connectivity index (χ4v) is 2.70. The zero-order valence-corrected chi connectivity index (χ0v) is 12.3. The molecule has 2 unspecified atom stereocenters. The number of nitrogens with one attached hydrogen (secondary N) is 1. The summed E-state index contributed by atoms with van der Waals surface area (Å²) in [6.45, 7) is 8.94. The van der Waals surface area contributed by atoms with E-state index >= 15 is 0 Å². The van der Waals surface area contributed by atoms with E-state index in [9.17, 15) is 0 Å². The Hall–Kier alpha value is -1.04. The highest BCUT2D eigenvalue weighted by molar-refractivity contribution is 5.11. The molecule has 19 heavy (non-hydrogen) atoms. The van der Waals surface area contributed by atoms with Crippen LogP contribution in [0.1, 0.15) is 31.4 Å². The van der Waals surface area contributed by atoms with Gasteiger partial charge in [-0.25, -0.2) is 9.97 Å². The smallest absolute Gasteiger partial charge is 0.125 e. The fourth-order valence-electron chi connectivity index (χ4n) is 2.70. The zero-order valence-electron chi connectivity index (χ0n) is 12.3. The average molecular weight is 264 g/mol. The first-order valence-corrected chi connectivity index (χ1v) is 6.95. The lowest BCUT2D eigenvalue weighted by Gasteiger charge is -2.43. The van der Waals surface area contributed by atoms with E-state index in [-0.39, 0.29) is 12.1 Å². The van der Waals surface area contributed by atoms with Crippen LogP contribution < -0.4 is 5.32 Å². The average Bonchev–Trinajstić information content (AvgIpc) is 2.38. The molecule has 1 saturated heterocycles. The van der Waals surface area contributed by atoms with Gasteiger partial charge in [-0.15, -0.1) is 0 Å². The van der Waals surface area contributed by atoms with E-state index in [1.807, 2.05) is 26.2 Å². The van der Waals surface area contributed by atoms with Crippen LogP contribution in [0.4, 0.5) is 0 Å². The summed E-state index contributed by atoms with van der Waals surface area (Å²) < 4.78 is 5.94. The number of morpholine rings is 1. The maximum absolute atomic E-state index is 5.94. The number of rotatable bonds is 4. The number of hydrogen-bond donors (Lipinski definition) is 1. The molecule has 0 amide bonds. The van der Waals surface area contributed by atoms with Crippen molar-refractivity contribution in [2.75, 3.05) is 26.7 Å². The highest BCUT2D eigenvalue weighted by Crippen LogP contribution is 2.29. The molecule has 0 saturated carbocycles. The minimum Gasteiger partial charge on any atom is -0.374 e. The Kier molecular flexibility index (Phi) is 4.85. The number of ether oxygens (including phenoxy) is 1. The topological polar surface area (TPSA) is 50.3 Å².